The monoisotopic (exact) mass is 420 g/mol. The Balaban J connectivity index is 1.42. The van der Waals surface area contributed by atoms with E-state index in [0.717, 1.165) is 5.56 Å². The van der Waals surface area contributed by atoms with E-state index in [-0.39, 0.29) is 36.8 Å². The van der Waals surface area contributed by atoms with Crippen LogP contribution in [0.3, 0.4) is 0 Å². The van der Waals surface area contributed by atoms with Crippen molar-refractivity contribution in [2.75, 3.05) is 0 Å². The van der Waals surface area contributed by atoms with Crippen LogP contribution in [-0.4, -0.2) is 40.5 Å². The van der Waals surface area contributed by atoms with Gasteiger partial charge in [0.05, 0.1) is 0 Å². The minimum Gasteiger partial charge on any atom is -0.322 e. The molecule has 1 fully saturated rings. The van der Waals surface area contributed by atoms with Gasteiger partial charge in [-0.2, -0.15) is 0 Å². The molecule has 2 aromatic rings. The van der Waals surface area contributed by atoms with E-state index in [4.69, 9.17) is 0 Å². The lowest BCUT2D eigenvalue weighted by Crippen LogP contribution is -2.52. The molecule has 4 rings (SSSR count). The Morgan fingerprint density at radius 2 is 1.61 bits per heavy atom. The summed E-state index contributed by atoms with van der Waals surface area (Å²) < 4.78 is 0. The summed E-state index contributed by atoms with van der Waals surface area (Å²) in [7, 11) is 0. The highest BCUT2D eigenvalue weighted by Gasteiger charge is 2.39. The topological polar surface area (TPSA) is 125 Å². The Labute approximate surface area is 177 Å². The summed E-state index contributed by atoms with van der Waals surface area (Å²) in [5, 5.41) is 2.25. The number of fused-ring (bicyclic) bond motifs is 1. The van der Waals surface area contributed by atoms with Gasteiger partial charge in [0, 0.05) is 29.7 Å². The number of imide groups is 1. The second-order valence-electron chi connectivity index (χ2n) is 7.55. The number of hydrogen-bond acceptors (Lipinski definition) is 5. The van der Waals surface area contributed by atoms with Crippen LogP contribution in [0.25, 0.3) is 0 Å². The largest absolute Gasteiger partial charge is 0.322 e. The minimum absolute atomic E-state index is 0.164. The molecular formula is C22H20N4O5. The third-order valence-corrected chi connectivity index (χ3v) is 5.39. The van der Waals surface area contributed by atoms with Crippen molar-refractivity contribution in [1.29, 1.82) is 0 Å². The molecule has 0 spiro atoms. The van der Waals surface area contributed by atoms with Crippen molar-refractivity contribution in [3.8, 4) is 0 Å². The Kier molecular flexibility index (Phi) is 5.24. The predicted molar refractivity (Wildman–Crippen MR) is 109 cm³/mol. The van der Waals surface area contributed by atoms with E-state index < -0.39 is 23.8 Å². The van der Waals surface area contributed by atoms with Crippen LogP contribution in [-0.2, 0) is 16.1 Å². The Bertz CT molecular complexity index is 1110. The third-order valence-electron chi connectivity index (χ3n) is 5.39. The number of carbonyl (C=O) groups excluding carboxylic acids is 5. The molecule has 9 heteroatoms. The van der Waals surface area contributed by atoms with Crippen LogP contribution in [0.1, 0.15) is 55.0 Å². The minimum atomic E-state index is -0.719. The molecule has 1 saturated heterocycles. The number of carbonyl (C=O) groups is 5. The van der Waals surface area contributed by atoms with Crippen LogP contribution >= 0.6 is 0 Å². The van der Waals surface area contributed by atoms with Gasteiger partial charge < -0.3 is 4.90 Å². The van der Waals surface area contributed by atoms with Crippen LogP contribution in [0.4, 0.5) is 0 Å². The summed E-state index contributed by atoms with van der Waals surface area (Å²) in [6.45, 7) is 2.07. The summed E-state index contributed by atoms with van der Waals surface area (Å²) in [5.74, 6) is -2.14. The summed E-state index contributed by atoms with van der Waals surface area (Å²) in [6, 6.07) is 10.8. The summed E-state index contributed by atoms with van der Waals surface area (Å²) in [5.41, 5.74) is 7.42. The molecular weight excluding hydrogens is 400 g/mol. The molecule has 0 bridgehead atoms. The number of amides is 5. The summed E-state index contributed by atoms with van der Waals surface area (Å²) in [6.07, 6.45) is 0.438. The molecule has 31 heavy (non-hydrogen) atoms. The molecule has 2 aromatic carbocycles. The molecule has 5 amide bonds. The zero-order valence-electron chi connectivity index (χ0n) is 16.7. The highest BCUT2D eigenvalue weighted by Crippen LogP contribution is 2.28. The van der Waals surface area contributed by atoms with Crippen LogP contribution in [0.2, 0.25) is 0 Å². The number of hydrogen-bond donors (Lipinski definition) is 3. The van der Waals surface area contributed by atoms with Crippen LogP contribution in [0.15, 0.2) is 42.5 Å². The van der Waals surface area contributed by atoms with Crippen molar-refractivity contribution < 1.29 is 24.0 Å². The van der Waals surface area contributed by atoms with Gasteiger partial charge in [-0.15, -0.1) is 0 Å². The van der Waals surface area contributed by atoms with Crippen molar-refractivity contribution in [2.24, 2.45) is 0 Å². The highest BCUT2D eigenvalue weighted by atomic mass is 16.2. The molecule has 2 aliphatic heterocycles. The van der Waals surface area contributed by atoms with Crippen molar-refractivity contribution in [1.82, 2.24) is 21.1 Å². The van der Waals surface area contributed by atoms with Gasteiger partial charge in [0.15, 0.2) is 0 Å². The quantitative estimate of drug-likeness (QED) is 0.501. The van der Waals surface area contributed by atoms with Crippen molar-refractivity contribution >= 4 is 29.5 Å². The van der Waals surface area contributed by atoms with Gasteiger partial charge >= 0.3 is 0 Å². The van der Waals surface area contributed by atoms with Gasteiger partial charge in [-0.05, 0) is 49.2 Å². The maximum atomic E-state index is 12.7. The lowest BCUT2D eigenvalue weighted by atomic mass is 10.0. The molecule has 0 saturated carbocycles. The van der Waals surface area contributed by atoms with Crippen molar-refractivity contribution in [3.63, 3.8) is 0 Å². The molecule has 9 nitrogen and oxygen atoms in total. The van der Waals surface area contributed by atoms with E-state index in [1.165, 1.54) is 17.0 Å². The maximum Gasteiger partial charge on any atom is 0.269 e. The van der Waals surface area contributed by atoms with Crippen LogP contribution < -0.4 is 16.2 Å². The van der Waals surface area contributed by atoms with E-state index in [9.17, 15) is 24.0 Å². The average Bonchev–Trinajstić information content (AvgIpc) is 3.08. The highest BCUT2D eigenvalue weighted by molar-refractivity contribution is 6.06. The van der Waals surface area contributed by atoms with Gasteiger partial charge in [0.1, 0.15) is 6.04 Å². The van der Waals surface area contributed by atoms with E-state index in [0.29, 0.717) is 16.7 Å². The fourth-order valence-electron chi connectivity index (χ4n) is 3.68. The molecule has 1 atom stereocenters. The Morgan fingerprint density at radius 3 is 2.29 bits per heavy atom. The zero-order valence-corrected chi connectivity index (χ0v) is 16.7. The number of piperidine rings is 1. The molecule has 158 valence electrons. The lowest BCUT2D eigenvalue weighted by molar-refractivity contribution is -0.136. The molecule has 0 radical (unpaired) electrons. The van der Waals surface area contributed by atoms with Crippen molar-refractivity contribution in [3.05, 3.63) is 70.3 Å². The molecule has 2 heterocycles. The first-order valence-electron chi connectivity index (χ1n) is 9.78. The van der Waals surface area contributed by atoms with Gasteiger partial charge in [-0.25, -0.2) is 0 Å². The van der Waals surface area contributed by atoms with Gasteiger partial charge in [0.25, 0.3) is 17.7 Å². The van der Waals surface area contributed by atoms with Gasteiger partial charge in [-0.1, -0.05) is 17.7 Å². The number of benzene rings is 2. The van der Waals surface area contributed by atoms with Crippen LogP contribution in [0, 0.1) is 6.92 Å². The van der Waals surface area contributed by atoms with E-state index in [2.05, 4.69) is 16.2 Å². The van der Waals surface area contributed by atoms with E-state index >= 15 is 0 Å². The molecule has 0 aromatic heterocycles. The Hall–Kier alpha value is -4.01. The number of rotatable bonds is 3. The van der Waals surface area contributed by atoms with Gasteiger partial charge in [0.2, 0.25) is 11.8 Å². The molecule has 1 unspecified atom stereocenters. The third kappa shape index (κ3) is 4.02. The number of nitrogens with one attached hydrogen (secondary N) is 3. The van der Waals surface area contributed by atoms with E-state index in [1.807, 2.05) is 6.92 Å². The molecule has 2 aliphatic rings. The second kappa shape index (κ2) is 8.02. The normalized spacial score (nSPS) is 17.8. The second-order valence-corrected chi connectivity index (χ2v) is 7.55. The Morgan fingerprint density at radius 1 is 0.968 bits per heavy atom. The van der Waals surface area contributed by atoms with Crippen molar-refractivity contribution in [2.45, 2.75) is 32.4 Å². The summed E-state index contributed by atoms with van der Waals surface area (Å²) >= 11 is 0. The average molecular weight is 420 g/mol. The summed E-state index contributed by atoms with van der Waals surface area (Å²) in [4.78, 5) is 62.2. The SMILES string of the molecule is Cc1ccc(C(=O)NNC(=O)c2ccc3c(c2)CN(C2CCC(=O)NC2=O)C3=O)cc1. The number of nitrogens with zero attached hydrogens (tertiary/aromatic N) is 1. The number of aryl methyl sites for hydroxylation is 1. The first-order valence-corrected chi connectivity index (χ1v) is 9.78. The predicted octanol–water partition coefficient (Wildman–Crippen LogP) is 0.831. The first kappa shape index (κ1) is 20.3. The molecule has 0 aliphatic carbocycles. The zero-order chi connectivity index (χ0) is 22.1. The van der Waals surface area contributed by atoms with Gasteiger partial charge in [-0.3, -0.25) is 40.1 Å². The molecule has 3 N–H and O–H groups in total. The maximum absolute atomic E-state index is 12.7. The standard InChI is InChI=1S/C22H20N4O5/c1-12-2-4-13(5-3-12)19(28)24-25-20(29)14-6-7-16-15(10-14)11-26(22(16)31)17-8-9-18(27)23-21(17)30/h2-7,10,17H,8-9,11H2,1H3,(H,24,28)(H,25,29)(H,23,27,30). The van der Waals surface area contributed by atoms with E-state index in [1.54, 1.807) is 30.3 Å². The first-order chi connectivity index (χ1) is 14.8. The lowest BCUT2D eigenvalue weighted by Gasteiger charge is -2.29. The van der Waals surface area contributed by atoms with Crippen LogP contribution in [0.5, 0.6) is 0 Å². The fourth-order valence-corrected chi connectivity index (χ4v) is 3.68. The number of hydrazine groups is 1. The fraction of sp³-hybridized carbons (Fsp3) is 0.227. The smallest absolute Gasteiger partial charge is 0.269 e.